The Hall–Kier alpha value is -0.690. The molecule has 2 fully saturated rings. The number of likely N-dealkylation sites (N-methyl/N-ethyl adjacent to an activating group) is 2. The van der Waals surface area contributed by atoms with Crippen LogP contribution in [0.5, 0.6) is 0 Å². The van der Waals surface area contributed by atoms with E-state index in [1.54, 1.807) is 0 Å². The summed E-state index contributed by atoms with van der Waals surface area (Å²) in [6.45, 7) is 6.40. The standard InChI is InChI=1S/C16H32N4O2/c1-17(2)11-12-22-16(21)15-13-20(10-9-19(15)4)14-5-7-18(3)8-6-14/h14-15H,5-13H2,1-4H3. The Kier molecular flexibility index (Phi) is 6.62. The second-order valence-corrected chi connectivity index (χ2v) is 7.00. The van der Waals surface area contributed by atoms with Gasteiger partial charge in [-0.2, -0.15) is 0 Å². The number of nitrogens with zero attached hydrogens (tertiary/aromatic N) is 4. The lowest BCUT2D eigenvalue weighted by Crippen LogP contribution is -2.59. The maximum atomic E-state index is 12.4. The van der Waals surface area contributed by atoms with Crippen LogP contribution in [-0.4, -0.2) is 112 Å². The van der Waals surface area contributed by atoms with Crippen molar-refractivity contribution in [2.24, 2.45) is 0 Å². The van der Waals surface area contributed by atoms with E-state index in [1.807, 2.05) is 26.0 Å². The molecule has 6 heteroatoms. The SMILES string of the molecule is CN(C)CCOC(=O)C1CN(C2CCN(C)CC2)CCN1C. The monoisotopic (exact) mass is 312 g/mol. The van der Waals surface area contributed by atoms with Gasteiger partial charge in [-0.25, -0.2) is 0 Å². The first-order valence-corrected chi connectivity index (χ1v) is 8.41. The number of hydrogen-bond acceptors (Lipinski definition) is 6. The highest BCUT2D eigenvalue weighted by atomic mass is 16.5. The summed E-state index contributed by atoms with van der Waals surface area (Å²) in [5, 5.41) is 0. The van der Waals surface area contributed by atoms with Gasteiger partial charge in [-0.15, -0.1) is 0 Å². The molecule has 1 atom stereocenters. The molecule has 0 amide bonds. The third kappa shape index (κ3) is 4.91. The van der Waals surface area contributed by atoms with Crippen molar-refractivity contribution < 1.29 is 9.53 Å². The van der Waals surface area contributed by atoms with Crippen LogP contribution in [0.3, 0.4) is 0 Å². The number of piperidine rings is 1. The lowest BCUT2D eigenvalue weighted by molar-refractivity contribution is -0.152. The molecule has 2 rings (SSSR count). The lowest BCUT2D eigenvalue weighted by atomic mass is 10.0. The Morgan fingerprint density at radius 3 is 2.45 bits per heavy atom. The summed E-state index contributed by atoms with van der Waals surface area (Å²) < 4.78 is 5.46. The first-order valence-electron chi connectivity index (χ1n) is 8.41. The van der Waals surface area contributed by atoms with Crippen molar-refractivity contribution in [1.29, 1.82) is 0 Å². The first kappa shape index (κ1) is 17.7. The molecule has 22 heavy (non-hydrogen) atoms. The summed E-state index contributed by atoms with van der Waals surface area (Å²) in [5.41, 5.74) is 0. The van der Waals surface area contributed by atoms with Crippen molar-refractivity contribution in [3.63, 3.8) is 0 Å². The number of ether oxygens (including phenoxy) is 1. The van der Waals surface area contributed by atoms with E-state index >= 15 is 0 Å². The largest absolute Gasteiger partial charge is 0.463 e. The van der Waals surface area contributed by atoms with Crippen LogP contribution in [0.2, 0.25) is 0 Å². The van der Waals surface area contributed by atoms with Crippen molar-refractivity contribution in [3.8, 4) is 0 Å². The third-order valence-corrected chi connectivity index (χ3v) is 4.94. The number of likely N-dealkylation sites (tertiary alicyclic amines) is 1. The molecule has 0 aromatic heterocycles. The molecule has 1 unspecified atom stereocenters. The molecule has 6 nitrogen and oxygen atoms in total. The van der Waals surface area contributed by atoms with Crippen LogP contribution in [0.1, 0.15) is 12.8 Å². The van der Waals surface area contributed by atoms with E-state index in [2.05, 4.69) is 21.7 Å². The summed E-state index contributed by atoms with van der Waals surface area (Å²) >= 11 is 0. The minimum Gasteiger partial charge on any atom is -0.463 e. The van der Waals surface area contributed by atoms with Crippen molar-refractivity contribution in [2.45, 2.75) is 24.9 Å². The minimum atomic E-state index is -0.115. The van der Waals surface area contributed by atoms with E-state index in [9.17, 15) is 4.79 Å². The molecule has 0 radical (unpaired) electrons. The number of carbonyl (C=O) groups excluding carboxylic acids is 1. The summed E-state index contributed by atoms with van der Waals surface area (Å²) in [4.78, 5) is 21.4. The molecule has 2 heterocycles. The zero-order valence-electron chi connectivity index (χ0n) is 14.6. The van der Waals surface area contributed by atoms with Gasteiger partial charge in [0.05, 0.1) is 0 Å². The fraction of sp³-hybridized carbons (Fsp3) is 0.938. The first-order chi connectivity index (χ1) is 10.5. The van der Waals surface area contributed by atoms with Crippen molar-refractivity contribution in [2.75, 3.05) is 74.1 Å². The van der Waals surface area contributed by atoms with E-state index in [-0.39, 0.29) is 12.0 Å². The fourth-order valence-electron chi connectivity index (χ4n) is 3.27. The summed E-state index contributed by atoms with van der Waals surface area (Å²) in [5.74, 6) is -0.0676. The summed E-state index contributed by atoms with van der Waals surface area (Å²) in [7, 11) is 8.19. The van der Waals surface area contributed by atoms with Crippen molar-refractivity contribution in [1.82, 2.24) is 19.6 Å². The normalized spacial score (nSPS) is 26.5. The van der Waals surface area contributed by atoms with E-state index in [0.717, 1.165) is 39.3 Å². The number of hydrogen-bond donors (Lipinski definition) is 0. The second kappa shape index (κ2) is 8.24. The van der Waals surface area contributed by atoms with Gasteiger partial charge in [0.25, 0.3) is 0 Å². The molecule has 0 aromatic carbocycles. The van der Waals surface area contributed by atoms with Crippen LogP contribution in [0.15, 0.2) is 0 Å². The van der Waals surface area contributed by atoms with Crippen LogP contribution in [-0.2, 0) is 9.53 Å². The molecule has 2 aliphatic heterocycles. The van der Waals surface area contributed by atoms with Crippen LogP contribution in [0.25, 0.3) is 0 Å². The third-order valence-electron chi connectivity index (χ3n) is 4.94. The second-order valence-electron chi connectivity index (χ2n) is 7.00. The van der Waals surface area contributed by atoms with Gasteiger partial charge >= 0.3 is 5.97 Å². The van der Waals surface area contributed by atoms with Crippen molar-refractivity contribution >= 4 is 5.97 Å². The van der Waals surface area contributed by atoms with E-state index in [4.69, 9.17) is 4.74 Å². The Balaban J connectivity index is 1.83. The summed E-state index contributed by atoms with van der Waals surface area (Å²) in [6, 6.07) is 0.512. The zero-order chi connectivity index (χ0) is 16.1. The molecule has 0 bridgehead atoms. The number of carbonyl (C=O) groups is 1. The maximum absolute atomic E-state index is 12.4. The lowest BCUT2D eigenvalue weighted by Gasteiger charge is -2.44. The van der Waals surface area contributed by atoms with Gasteiger partial charge < -0.3 is 14.5 Å². The van der Waals surface area contributed by atoms with Gasteiger partial charge in [0, 0.05) is 32.2 Å². The molecule has 2 aliphatic rings. The van der Waals surface area contributed by atoms with Gasteiger partial charge in [-0.3, -0.25) is 14.6 Å². The fourth-order valence-corrected chi connectivity index (χ4v) is 3.27. The van der Waals surface area contributed by atoms with Gasteiger partial charge in [0.2, 0.25) is 0 Å². The molecular weight excluding hydrogens is 280 g/mol. The molecular formula is C16H32N4O2. The predicted molar refractivity (Wildman–Crippen MR) is 88.0 cm³/mol. The number of rotatable bonds is 5. The van der Waals surface area contributed by atoms with Crippen LogP contribution in [0.4, 0.5) is 0 Å². The number of esters is 1. The highest BCUT2D eigenvalue weighted by Gasteiger charge is 2.34. The Labute approximate surface area is 135 Å². The Bertz CT molecular complexity index is 356. The molecule has 0 aromatic rings. The van der Waals surface area contributed by atoms with Gasteiger partial charge in [0.15, 0.2) is 0 Å². The minimum absolute atomic E-state index is 0.0676. The Morgan fingerprint density at radius 1 is 1.14 bits per heavy atom. The van der Waals surface area contributed by atoms with Crippen LogP contribution >= 0.6 is 0 Å². The van der Waals surface area contributed by atoms with Crippen molar-refractivity contribution in [3.05, 3.63) is 0 Å². The zero-order valence-corrected chi connectivity index (χ0v) is 14.6. The average molecular weight is 312 g/mol. The van der Waals surface area contributed by atoms with Crippen LogP contribution in [0, 0.1) is 0 Å². The van der Waals surface area contributed by atoms with Gasteiger partial charge in [-0.1, -0.05) is 0 Å². The quantitative estimate of drug-likeness (QED) is 0.655. The Morgan fingerprint density at radius 2 is 1.82 bits per heavy atom. The van der Waals surface area contributed by atoms with Gasteiger partial charge in [0.1, 0.15) is 12.6 Å². The number of piperazine rings is 1. The highest BCUT2D eigenvalue weighted by molar-refractivity contribution is 5.76. The van der Waals surface area contributed by atoms with Crippen LogP contribution < -0.4 is 0 Å². The topological polar surface area (TPSA) is 39.3 Å². The average Bonchev–Trinajstić information content (AvgIpc) is 2.48. The summed E-state index contributed by atoms with van der Waals surface area (Å²) in [6.07, 6.45) is 2.42. The molecule has 2 saturated heterocycles. The maximum Gasteiger partial charge on any atom is 0.324 e. The van der Waals surface area contributed by atoms with E-state index < -0.39 is 0 Å². The van der Waals surface area contributed by atoms with E-state index in [0.29, 0.717) is 12.6 Å². The van der Waals surface area contributed by atoms with Gasteiger partial charge in [-0.05, 0) is 54.1 Å². The smallest absolute Gasteiger partial charge is 0.324 e. The molecule has 0 spiro atoms. The van der Waals surface area contributed by atoms with E-state index in [1.165, 1.54) is 12.8 Å². The molecule has 0 aliphatic carbocycles. The highest BCUT2D eigenvalue weighted by Crippen LogP contribution is 2.19. The molecule has 0 saturated carbocycles. The molecule has 128 valence electrons. The molecule has 0 N–H and O–H groups in total. The predicted octanol–water partition coefficient (Wildman–Crippen LogP) is -0.199.